The number of aromatic nitrogens is 3. The van der Waals surface area contributed by atoms with E-state index in [1.807, 2.05) is 23.1 Å². The molecule has 1 aromatic carbocycles. The first kappa shape index (κ1) is 17.9. The standard InChI is InChI=1S/C21H23N5O3/c1-24-13-22-17-12-14(6-7-15(17)20(24)27)25-8-10-26(11-9-25)21(28)19-16-4-2-3-5-18(16)29-23-19/h6-7,12-13H,2-5,8-11H2,1H3. The molecule has 0 atom stereocenters. The molecule has 1 aliphatic carbocycles. The minimum absolute atomic E-state index is 0.0276. The van der Waals surface area contributed by atoms with Crippen LogP contribution in [0.1, 0.15) is 34.7 Å². The molecule has 29 heavy (non-hydrogen) atoms. The second-order valence-electron chi connectivity index (χ2n) is 7.78. The van der Waals surface area contributed by atoms with Gasteiger partial charge in [0, 0.05) is 50.9 Å². The van der Waals surface area contributed by atoms with Crippen molar-refractivity contribution < 1.29 is 9.32 Å². The lowest BCUT2D eigenvalue weighted by molar-refractivity contribution is 0.0735. The molecule has 2 aromatic heterocycles. The summed E-state index contributed by atoms with van der Waals surface area (Å²) in [7, 11) is 1.70. The first-order valence-corrected chi connectivity index (χ1v) is 10.1. The fourth-order valence-corrected chi connectivity index (χ4v) is 4.27. The maximum atomic E-state index is 13.0. The van der Waals surface area contributed by atoms with Crippen LogP contribution in [0.3, 0.4) is 0 Å². The Morgan fingerprint density at radius 1 is 1.10 bits per heavy atom. The SMILES string of the molecule is Cn1cnc2cc(N3CCN(C(=O)c4noc5c4CCCC5)CC3)ccc2c1=O. The van der Waals surface area contributed by atoms with E-state index in [2.05, 4.69) is 15.0 Å². The first-order chi connectivity index (χ1) is 14.1. The van der Waals surface area contributed by atoms with Gasteiger partial charge in [0.2, 0.25) is 0 Å². The Kier molecular flexibility index (Phi) is 4.34. The van der Waals surface area contributed by atoms with Gasteiger partial charge in [0.15, 0.2) is 5.69 Å². The summed E-state index contributed by atoms with van der Waals surface area (Å²) in [5.74, 6) is 0.855. The quantitative estimate of drug-likeness (QED) is 0.660. The highest BCUT2D eigenvalue weighted by molar-refractivity contribution is 5.94. The summed E-state index contributed by atoms with van der Waals surface area (Å²) < 4.78 is 6.89. The highest BCUT2D eigenvalue weighted by Gasteiger charge is 2.29. The second kappa shape index (κ2) is 7.02. The van der Waals surface area contributed by atoms with E-state index < -0.39 is 0 Å². The predicted molar refractivity (Wildman–Crippen MR) is 108 cm³/mol. The Bertz CT molecular complexity index is 1140. The van der Waals surface area contributed by atoms with Crippen molar-refractivity contribution in [3.63, 3.8) is 0 Å². The van der Waals surface area contributed by atoms with Crippen LogP contribution in [0, 0.1) is 0 Å². The van der Waals surface area contributed by atoms with Crippen LogP contribution in [-0.2, 0) is 19.9 Å². The molecule has 5 rings (SSSR count). The summed E-state index contributed by atoms with van der Waals surface area (Å²) in [6.45, 7) is 2.70. The van der Waals surface area contributed by atoms with Crippen LogP contribution >= 0.6 is 0 Å². The van der Waals surface area contributed by atoms with Gasteiger partial charge in [-0.15, -0.1) is 0 Å². The Morgan fingerprint density at radius 2 is 1.90 bits per heavy atom. The van der Waals surface area contributed by atoms with Gasteiger partial charge in [-0.1, -0.05) is 5.16 Å². The van der Waals surface area contributed by atoms with Gasteiger partial charge in [0.05, 0.1) is 17.2 Å². The van der Waals surface area contributed by atoms with Crippen LogP contribution in [0.15, 0.2) is 33.8 Å². The van der Waals surface area contributed by atoms with Crippen LogP contribution in [0.25, 0.3) is 10.9 Å². The number of amides is 1. The molecule has 0 N–H and O–H groups in total. The minimum atomic E-state index is -0.0482. The molecule has 3 heterocycles. The predicted octanol–water partition coefficient (Wildman–Crippen LogP) is 1.76. The van der Waals surface area contributed by atoms with Gasteiger partial charge in [0.1, 0.15) is 5.76 Å². The summed E-state index contributed by atoms with van der Waals surface area (Å²) in [6, 6.07) is 5.73. The molecule has 1 fully saturated rings. The van der Waals surface area contributed by atoms with Gasteiger partial charge in [0.25, 0.3) is 11.5 Å². The lowest BCUT2D eigenvalue weighted by Crippen LogP contribution is -2.49. The minimum Gasteiger partial charge on any atom is -0.368 e. The summed E-state index contributed by atoms with van der Waals surface area (Å²) in [5, 5.41) is 4.69. The van der Waals surface area contributed by atoms with Crippen LogP contribution < -0.4 is 10.5 Å². The van der Waals surface area contributed by atoms with Crippen LogP contribution in [0.2, 0.25) is 0 Å². The van der Waals surface area contributed by atoms with E-state index in [0.29, 0.717) is 29.7 Å². The van der Waals surface area contributed by atoms with Crippen molar-refractivity contribution in [2.45, 2.75) is 25.7 Å². The fraction of sp³-hybridized carbons (Fsp3) is 0.429. The number of benzene rings is 1. The van der Waals surface area contributed by atoms with Gasteiger partial charge in [-0.2, -0.15) is 0 Å². The second-order valence-corrected chi connectivity index (χ2v) is 7.78. The molecular formula is C21H23N5O3. The average molecular weight is 393 g/mol. The topological polar surface area (TPSA) is 84.5 Å². The molecule has 1 saturated heterocycles. The molecule has 2 aliphatic rings. The molecule has 8 nitrogen and oxygen atoms in total. The number of hydrogen-bond donors (Lipinski definition) is 0. The number of piperazine rings is 1. The number of rotatable bonds is 2. The molecular weight excluding hydrogens is 370 g/mol. The maximum Gasteiger partial charge on any atom is 0.276 e. The zero-order valence-electron chi connectivity index (χ0n) is 16.4. The number of nitrogens with zero attached hydrogens (tertiary/aromatic N) is 5. The van der Waals surface area contributed by atoms with Crippen LogP contribution in [0.4, 0.5) is 5.69 Å². The number of carbonyl (C=O) groups is 1. The molecule has 3 aromatic rings. The van der Waals surface area contributed by atoms with E-state index in [4.69, 9.17) is 4.52 Å². The lowest BCUT2D eigenvalue weighted by Gasteiger charge is -2.36. The number of aryl methyl sites for hydroxylation is 2. The number of hydrogen-bond acceptors (Lipinski definition) is 6. The van der Waals surface area contributed by atoms with Gasteiger partial charge >= 0.3 is 0 Å². The van der Waals surface area contributed by atoms with Crippen molar-refractivity contribution in [2.24, 2.45) is 7.05 Å². The van der Waals surface area contributed by atoms with Crippen molar-refractivity contribution in [3.05, 3.63) is 51.9 Å². The normalized spacial score (nSPS) is 16.9. The van der Waals surface area contributed by atoms with Crippen LogP contribution in [-0.4, -0.2) is 51.7 Å². The van der Waals surface area contributed by atoms with E-state index in [1.165, 1.54) is 4.57 Å². The van der Waals surface area contributed by atoms with E-state index in [-0.39, 0.29) is 11.5 Å². The van der Waals surface area contributed by atoms with Crippen molar-refractivity contribution in [1.82, 2.24) is 19.6 Å². The van der Waals surface area contributed by atoms with E-state index in [9.17, 15) is 9.59 Å². The van der Waals surface area contributed by atoms with E-state index in [0.717, 1.165) is 55.8 Å². The summed E-state index contributed by atoms with van der Waals surface area (Å²) in [4.78, 5) is 33.6. The Hall–Kier alpha value is -3.16. The summed E-state index contributed by atoms with van der Waals surface area (Å²) >= 11 is 0. The van der Waals surface area contributed by atoms with Gasteiger partial charge < -0.3 is 18.9 Å². The largest absolute Gasteiger partial charge is 0.368 e. The zero-order chi connectivity index (χ0) is 20.0. The van der Waals surface area contributed by atoms with Crippen molar-refractivity contribution in [2.75, 3.05) is 31.1 Å². The molecule has 1 aliphatic heterocycles. The number of anilines is 1. The van der Waals surface area contributed by atoms with Crippen molar-refractivity contribution in [1.29, 1.82) is 0 Å². The van der Waals surface area contributed by atoms with Gasteiger partial charge in [-0.05, 0) is 37.5 Å². The molecule has 150 valence electrons. The summed E-state index contributed by atoms with van der Waals surface area (Å²) in [5.41, 5.74) is 3.17. The monoisotopic (exact) mass is 393 g/mol. The van der Waals surface area contributed by atoms with E-state index >= 15 is 0 Å². The molecule has 0 bridgehead atoms. The number of carbonyl (C=O) groups excluding carboxylic acids is 1. The Morgan fingerprint density at radius 3 is 2.72 bits per heavy atom. The molecule has 0 radical (unpaired) electrons. The van der Waals surface area contributed by atoms with Crippen LogP contribution in [0.5, 0.6) is 0 Å². The lowest BCUT2D eigenvalue weighted by atomic mass is 9.96. The van der Waals surface area contributed by atoms with Gasteiger partial charge in [-0.25, -0.2) is 4.98 Å². The molecule has 0 saturated carbocycles. The highest BCUT2D eigenvalue weighted by atomic mass is 16.5. The smallest absolute Gasteiger partial charge is 0.276 e. The molecule has 0 spiro atoms. The third-order valence-electron chi connectivity index (χ3n) is 5.99. The molecule has 0 unspecified atom stereocenters. The Labute approximate surface area is 167 Å². The summed E-state index contributed by atoms with van der Waals surface area (Å²) in [6.07, 6.45) is 5.48. The third kappa shape index (κ3) is 3.08. The fourth-order valence-electron chi connectivity index (χ4n) is 4.27. The maximum absolute atomic E-state index is 13.0. The third-order valence-corrected chi connectivity index (χ3v) is 5.99. The first-order valence-electron chi connectivity index (χ1n) is 10.1. The van der Waals surface area contributed by atoms with E-state index in [1.54, 1.807) is 13.4 Å². The van der Waals surface area contributed by atoms with Crippen molar-refractivity contribution >= 4 is 22.5 Å². The Balaban J connectivity index is 1.31. The highest BCUT2D eigenvalue weighted by Crippen LogP contribution is 2.26. The zero-order valence-corrected chi connectivity index (χ0v) is 16.4. The average Bonchev–Trinajstić information content (AvgIpc) is 3.20. The van der Waals surface area contributed by atoms with Gasteiger partial charge in [-0.3, -0.25) is 9.59 Å². The molecule has 8 heteroatoms. The van der Waals surface area contributed by atoms with Crippen molar-refractivity contribution in [3.8, 4) is 0 Å². The number of fused-ring (bicyclic) bond motifs is 2. The molecule has 1 amide bonds.